The summed E-state index contributed by atoms with van der Waals surface area (Å²) in [5.74, 6) is 0.450. The van der Waals surface area contributed by atoms with Crippen molar-refractivity contribution in [2.75, 3.05) is 18.1 Å². The van der Waals surface area contributed by atoms with E-state index in [0.29, 0.717) is 17.2 Å². The molecule has 80 valence electrons. The van der Waals surface area contributed by atoms with E-state index in [1.807, 2.05) is 0 Å². The second-order valence-electron chi connectivity index (χ2n) is 2.99. The van der Waals surface area contributed by atoms with Gasteiger partial charge in [-0.15, -0.1) is 16.7 Å². The van der Waals surface area contributed by atoms with Crippen LogP contribution in [-0.4, -0.2) is 28.2 Å². The van der Waals surface area contributed by atoms with Gasteiger partial charge in [0.2, 0.25) is 5.89 Å². The van der Waals surface area contributed by atoms with Gasteiger partial charge in [-0.3, -0.25) is 0 Å². The predicted octanol–water partition coefficient (Wildman–Crippen LogP) is 2.53. The van der Waals surface area contributed by atoms with Crippen molar-refractivity contribution in [3.05, 3.63) is 5.89 Å². The van der Waals surface area contributed by atoms with Crippen LogP contribution >= 0.6 is 23.4 Å². The average Bonchev–Trinajstić information content (AvgIpc) is 2.62. The first-order valence-corrected chi connectivity index (χ1v) is 6.10. The Morgan fingerprint density at radius 3 is 2.71 bits per heavy atom. The van der Waals surface area contributed by atoms with E-state index in [1.54, 1.807) is 18.7 Å². The lowest BCUT2D eigenvalue weighted by atomic mass is 10.5. The Balaban J connectivity index is 2.44. The third kappa shape index (κ3) is 3.38. The van der Waals surface area contributed by atoms with Crippen LogP contribution in [0.25, 0.3) is 0 Å². The lowest BCUT2D eigenvalue weighted by molar-refractivity contribution is 0.506. The molecule has 0 fully saturated rings. The Kier molecular flexibility index (Phi) is 4.54. The quantitative estimate of drug-likeness (QED) is 0.795. The van der Waals surface area contributed by atoms with E-state index in [9.17, 15) is 0 Å². The lowest BCUT2D eigenvalue weighted by Crippen LogP contribution is -2.12. The molecule has 0 radical (unpaired) electrons. The van der Waals surface area contributed by atoms with E-state index < -0.39 is 0 Å². The molecule has 0 aliphatic rings. The number of hydrogen-bond acceptors (Lipinski definition) is 5. The van der Waals surface area contributed by atoms with E-state index >= 15 is 0 Å². The number of anilines is 1. The fraction of sp³-hybridized carbons (Fsp3) is 0.750. The van der Waals surface area contributed by atoms with Crippen LogP contribution in [0.2, 0.25) is 0 Å². The molecule has 0 amide bonds. The molecule has 0 aromatic carbocycles. The zero-order valence-electron chi connectivity index (χ0n) is 8.45. The van der Waals surface area contributed by atoms with Crippen molar-refractivity contribution >= 4 is 29.4 Å². The maximum atomic E-state index is 5.78. The van der Waals surface area contributed by atoms with Crippen molar-refractivity contribution in [2.24, 2.45) is 0 Å². The normalized spacial score (nSPS) is 15.1. The molecule has 2 atom stereocenters. The molecule has 1 rings (SSSR count). The lowest BCUT2D eigenvalue weighted by Gasteiger charge is -2.06. The summed E-state index contributed by atoms with van der Waals surface area (Å²) in [6.45, 7) is 4.72. The van der Waals surface area contributed by atoms with Crippen molar-refractivity contribution in [3.63, 3.8) is 0 Å². The second-order valence-corrected chi connectivity index (χ2v) is 4.92. The van der Waals surface area contributed by atoms with Gasteiger partial charge in [-0.2, -0.15) is 11.8 Å². The SMILES string of the molecule is CSC(C)CNc1nnc(C(C)Cl)o1. The molecular formula is C8H14ClN3OS. The number of rotatable bonds is 5. The molecule has 1 heterocycles. The fourth-order valence-electron chi connectivity index (χ4n) is 0.781. The molecule has 1 N–H and O–H groups in total. The number of hydrogen-bond donors (Lipinski definition) is 1. The highest BCUT2D eigenvalue weighted by Crippen LogP contribution is 2.19. The summed E-state index contributed by atoms with van der Waals surface area (Å²) in [5.41, 5.74) is 0. The van der Waals surface area contributed by atoms with E-state index in [2.05, 4.69) is 28.7 Å². The van der Waals surface area contributed by atoms with Gasteiger partial charge >= 0.3 is 6.01 Å². The molecule has 14 heavy (non-hydrogen) atoms. The topological polar surface area (TPSA) is 51.0 Å². The molecule has 0 bridgehead atoms. The van der Waals surface area contributed by atoms with Crippen LogP contribution in [0.1, 0.15) is 25.1 Å². The van der Waals surface area contributed by atoms with E-state index in [4.69, 9.17) is 16.0 Å². The highest BCUT2D eigenvalue weighted by molar-refractivity contribution is 7.99. The Morgan fingerprint density at radius 1 is 1.50 bits per heavy atom. The summed E-state index contributed by atoms with van der Waals surface area (Å²) in [6, 6.07) is 0.438. The molecule has 2 unspecified atom stereocenters. The molecule has 0 saturated heterocycles. The zero-order chi connectivity index (χ0) is 10.6. The van der Waals surface area contributed by atoms with Gasteiger partial charge < -0.3 is 9.73 Å². The van der Waals surface area contributed by atoms with Gasteiger partial charge in [-0.25, -0.2) is 0 Å². The van der Waals surface area contributed by atoms with Crippen LogP contribution in [0.3, 0.4) is 0 Å². The first-order valence-electron chi connectivity index (χ1n) is 4.37. The van der Waals surface area contributed by atoms with Crippen LogP contribution in [0.15, 0.2) is 4.42 Å². The summed E-state index contributed by atoms with van der Waals surface area (Å²) in [4.78, 5) is 0. The van der Waals surface area contributed by atoms with Crippen molar-refractivity contribution in [2.45, 2.75) is 24.5 Å². The highest BCUT2D eigenvalue weighted by Gasteiger charge is 2.11. The van der Waals surface area contributed by atoms with Gasteiger partial charge in [0.25, 0.3) is 0 Å². The highest BCUT2D eigenvalue weighted by atomic mass is 35.5. The Labute approximate surface area is 92.8 Å². The number of nitrogens with zero attached hydrogens (tertiary/aromatic N) is 2. The van der Waals surface area contributed by atoms with Crippen molar-refractivity contribution in [1.82, 2.24) is 10.2 Å². The third-order valence-electron chi connectivity index (χ3n) is 1.72. The van der Waals surface area contributed by atoms with Crippen molar-refractivity contribution in [1.29, 1.82) is 0 Å². The molecule has 0 aliphatic heterocycles. The molecular weight excluding hydrogens is 222 g/mol. The van der Waals surface area contributed by atoms with Gasteiger partial charge in [0.15, 0.2) is 0 Å². The third-order valence-corrected chi connectivity index (χ3v) is 2.88. The number of halogens is 1. The first-order chi connectivity index (χ1) is 6.63. The standard InChI is InChI=1S/C8H14ClN3OS/c1-5(14-3)4-10-8-12-11-7(13-8)6(2)9/h5-6H,4H2,1-3H3,(H,10,12). The van der Waals surface area contributed by atoms with Gasteiger partial charge in [0.1, 0.15) is 5.38 Å². The predicted molar refractivity (Wildman–Crippen MR) is 60.0 cm³/mol. The zero-order valence-corrected chi connectivity index (χ0v) is 10.0. The number of aromatic nitrogens is 2. The van der Waals surface area contributed by atoms with Gasteiger partial charge in [0, 0.05) is 11.8 Å². The minimum atomic E-state index is -0.240. The summed E-state index contributed by atoms with van der Waals surface area (Å²) in [5, 5.41) is 10.9. The molecule has 0 saturated carbocycles. The smallest absolute Gasteiger partial charge is 0.315 e. The minimum Gasteiger partial charge on any atom is -0.407 e. The Hall–Kier alpha value is -0.420. The summed E-state index contributed by atoms with van der Waals surface area (Å²) < 4.78 is 5.27. The molecule has 1 aromatic rings. The van der Waals surface area contributed by atoms with Crippen LogP contribution in [-0.2, 0) is 0 Å². The molecule has 0 aliphatic carbocycles. The summed E-state index contributed by atoms with van der Waals surface area (Å²) in [6.07, 6.45) is 2.06. The monoisotopic (exact) mass is 235 g/mol. The molecule has 1 aromatic heterocycles. The van der Waals surface area contributed by atoms with Gasteiger partial charge in [-0.1, -0.05) is 12.0 Å². The van der Waals surface area contributed by atoms with Gasteiger partial charge in [0.05, 0.1) is 0 Å². The summed E-state index contributed by atoms with van der Waals surface area (Å²) >= 11 is 7.56. The summed E-state index contributed by atoms with van der Waals surface area (Å²) in [7, 11) is 0. The number of thioether (sulfide) groups is 1. The molecule has 0 spiro atoms. The van der Waals surface area contributed by atoms with Crippen molar-refractivity contribution in [3.8, 4) is 0 Å². The fourth-order valence-corrected chi connectivity index (χ4v) is 1.12. The Morgan fingerprint density at radius 2 is 2.21 bits per heavy atom. The average molecular weight is 236 g/mol. The van der Waals surface area contributed by atoms with E-state index in [-0.39, 0.29) is 5.38 Å². The van der Waals surface area contributed by atoms with Crippen LogP contribution in [0.4, 0.5) is 6.01 Å². The minimum absolute atomic E-state index is 0.240. The maximum absolute atomic E-state index is 5.78. The maximum Gasteiger partial charge on any atom is 0.315 e. The second kappa shape index (κ2) is 5.46. The van der Waals surface area contributed by atoms with Crippen LogP contribution < -0.4 is 5.32 Å². The largest absolute Gasteiger partial charge is 0.407 e. The van der Waals surface area contributed by atoms with E-state index in [0.717, 1.165) is 6.54 Å². The van der Waals surface area contributed by atoms with Crippen LogP contribution in [0, 0.1) is 0 Å². The Bertz CT molecular complexity index is 279. The number of alkyl halides is 1. The molecule has 6 heteroatoms. The number of nitrogens with one attached hydrogen (secondary N) is 1. The van der Waals surface area contributed by atoms with E-state index in [1.165, 1.54) is 0 Å². The van der Waals surface area contributed by atoms with Crippen LogP contribution in [0.5, 0.6) is 0 Å². The van der Waals surface area contributed by atoms with Gasteiger partial charge in [-0.05, 0) is 13.2 Å². The first kappa shape index (κ1) is 11.7. The molecule has 4 nitrogen and oxygen atoms in total. The van der Waals surface area contributed by atoms with Crippen molar-refractivity contribution < 1.29 is 4.42 Å².